The Labute approximate surface area is 83.6 Å². The maximum absolute atomic E-state index is 3.40. The van der Waals surface area contributed by atoms with E-state index in [0.717, 1.165) is 0 Å². The highest BCUT2D eigenvalue weighted by atomic mass is 15.3. The fourth-order valence-electron chi connectivity index (χ4n) is 2.04. The van der Waals surface area contributed by atoms with Gasteiger partial charge in [0.15, 0.2) is 0 Å². The molecule has 2 atom stereocenters. The molecule has 1 fully saturated rings. The molecule has 0 amide bonds. The van der Waals surface area contributed by atoms with E-state index in [4.69, 9.17) is 0 Å². The molecule has 0 aromatic heterocycles. The van der Waals surface area contributed by atoms with Crippen molar-refractivity contribution < 1.29 is 1.43 Å². The predicted octanol–water partition coefficient (Wildman–Crippen LogP) is 0.475. The third-order valence-corrected chi connectivity index (χ3v) is 3.08. The smallest absolute Gasteiger partial charge is 0.0382 e. The molecule has 2 unspecified atom stereocenters. The van der Waals surface area contributed by atoms with Gasteiger partial charge in [-0.15, -0.1) is 0 Å². The molecule has 80 valence electrons. The zero-order valence-corrected chi connectivity index (χ0v) is 9.54. The van der Waals surface area contributed by atoms with Crippen molar-refractivity contribution in [2.75, 3.05) is 34.2 Å². The molecule has 1 N–H and O–H groups in total. The normalized spacial score (nSPS) is 30.7. The van der Waals surface area contributed by atoms with Crippen LogP contribution in [0, 0.1) is 0 Å². The third kappa shape index (κ3) is 2.42. The van der Waals surface area contributed by atoms with Gasteiger partial charge in [-0.05, 0) is 35.0 Å². The summed E-state index contributed by atoms with van der Waals surface area (Å²) in [7, 11) is 6.39. The van der Waals surface area contributed by atoms with Gasteiger partial charge in [0.25, 0.3) is 0 Å². The molecule has 0 aliphatic carbocycles. The molecular formula is C10H25N3. The van der Waals surface area contributed by atoms with Crippen LogP contribution in [0.15, 0.2) is 0 Å². The van der Waals surface area contributed by atoms with Gasteiger partial charge < -0.3 is 10.2 Å². The van der Waals surface area contributed by atoms with Gasteiger partial charge in [-0.3, -0.25) is 4.90 Å². The molecule has 0 saturated carbocycles. The molecule has 1 rings (SSSR count). The predicted molar refractivity (Wildman–Crippen MR) is 59.1 cm³/mol. The van der Waals surface area contributed by atoms with E-state index in [9.17, 15) is 0 Å². The summed E-state index contributed by atoms with van der Waals surface area (Å²) in [4.78, 5) is 4.86. The first kappa shape index (κ1) is 11.0. The van der Waals surface area contributed by atoms with Crippen molar-refractivity contribution in [1.82, 2.24) is 15.1 Å². The van der Waals surface area contributed by atoms with Crippen LogP contribution >= 0.6 is 0 Å². The monoisotopic (exact) mass is 187 g/mol. The van der Waals surface area contributed by atoms with Gasteiger partial charge in [0.1, 0.15) is 0 Å². The average molecular weight is 187 g/mol. The number of hydrogen-bond acceptors (Lipinski definition) is 3. The van der Waals surface area contributed by atoms with Crippen molar-refractivity contribution in [2.45, 2.75) is 32.0 Å². The summed E-state index contributed by atoms with van der Waals surface area (Å²) in [5, 5.41) is 3.40. The van der Waals surface area contributed by atoms with E-state index in [1.165, 1.54) is 13.1 Å². The fourth-order valence-corrected chi connectivity index (χ4v) is 2.04. The van der Waals surface area contributed by atoms with Gasteiger partial charge in [0.2, 0.25) is 0 Å². The molecule has 1 aliphatic heterocycles. The second kappa shape index (κ2) is 4.40. The van der Waals surface area contributed by atoms with Gasteiger partial charge in [0.05, 0.1) is 0 Å². The first-order chi connectivity index (χ1) is 6.06. The Bertz CT molecular complexity index is 161. The van der Waals surface area contributed by atoms with Crippen LogP contribution in [-0.4, -0.2) is 62.2 Å². The highest BCUT2D eigenvalue weighted by Crippen LogP contribution is 2.16. The molecule has 0 aromatic rings. The van der Waals surface area contributed by atoms with Gasteiger partial charge >= 0.3 is 0 Å². The lowest BCUT2D eigenvalue weighted by Crippen LogP contribution is -2.44. The maximum atomic E-state index is 3.40. The van der Waals surface area contributed by atoms with E-state index in [0.29, 0.717) is 18.1 Å². The Morgan fingerprint density at radius 3 is 2.31 bits per heavy atom. The summed E-state index contributed by atoms with van der Waals surface area (Å²) < 4.78 is 0. The van der Waals surface area contributed by atoms with Crippen LogP contribution in [0.25, 0.3) is 0 Å². The van der Waals surface area contributed by atoms with Crippen LogP contribution in [0.5, 0.6) is 0 Å². The van der Waals surface area contributed by atoms with Gasteiger partial charge in [-0.2, -0.15) is 0 Å². The summed E-state index contributed by atoms with van der Waals surface area (Å²) in [6.07, 6.45) is 0. The van der Waals surface area contributed by atoms with Crippen molar-refractivity contribution in [1.29, 1.82) is 0 Å². The SMILES string of the molecule is CNC1CN(C(C)C)CC1N(C)C.[HH]. The summed E-state index contributed by atoms with van der Waals surface area (Å²) in [6.45, 7) is 6.91. The highest BCUT2D eigenvalue weighted by Gasteiger charge is 2.33. The Morgan fingerprint density at radius 1 is 1.38 bits per heavy atom. The number of likely N-dealkylation sites (N-methyl/N-ethyl adjacent to an activating group) is 2. The molecule has 1 heterocycles. The first-order valence-electron chi connectivity index (χ1n) is 5.14. The van der Waals surface area contributed by atoms with Crippen molar-refractivity contribution in [3.63, 3.8) is 0 Å². The minimum atomic E-state index is 0. The molecule has 1 aliphatic rings. The molecule has 0 radical (unpaired) electrons. The first-order valence-corrected chi connectivity index (χ1v) is 5.14. The van der Waals surface area contributed by atoms with Gasteiger partial charge in [-0.1, -0.05) is 0 Å². The largest absolute Gasteiger partial charge is 0.314 e. The molecule has 3 heteroatoms. The number of rotatable bonds is 3. The number of nitrogens with one attached hydrogen (secondary N) is 1. The van der Waals surface area contributed by atoms with E-state index in [-0.39, 0.29) is 1.43 Å². The zero-order valence-electron chi connectivity index (χ0n) is 9.54. The molecule has 0 bridgehead atoms. The van der Waals surface area contributed by atoms with Crippen LogP contribution in [0.3, 0.4) is 0 Å². The summed E-state index contributed by atoms with van der Waals surface area (Å²) in [6, 6.07) is 1.95. The summed E-state index contributed by atoms with van der Waals surface area (Å²) in [5.74, 6) is 0. The standard InChI is InChI=1S/C10H23N3.H2/c1-8(2)13-6-9(11-3)10(7-13)12(4)5;/h8-11H,6-7H2,1-5H3;1H. The summed E-state index contributed by atoms with van der Waals surface area (Å²) in [5.41, 5.74) is 0. The van der Waals surface area contributed by atoms with E-state index in [1.54, 1.807) is 0 Å². The van der Waals surface area contributed by atoms with Crippen LogP contribution in [0.1, 0.15) is 15.3 Å². The maximum Gasteiger partial charge on any atom is 0.0382 e. The van der Waals surface area contributed by atoms with Crippen molar-refractivity contribution in [2.24, 2.45) is 0 Å². The van der Waals surface area contributed by atoms with E-state index in [2.05, 4.69) is 50.1 Å². The van der Waals surface area contributed by atoms with Crippen molar-refractivity contribution >= 4 is 0 Å². The van der Waals surface area contributed by atoms with Crippen molar-refractivity contribution in [3.8, 4) is 0 Å². The molecule has 3 nitrogen and oxygen atoms in total. The second-order valence-electron chi connectivity index (χ2n) is 4.47. The lowest BCUT2D eigenvalue weighted by atomic mass is 10.1. The number of hydrogen-bond donors (Lipinski definition) is 1. The van der Waals surface area contributed by atoms with Crippen LogP contribution in [-0.2, 0) is 0 Å². The number of likely N-dealkylation sites (tertiary alicyclic amines) is 1. The molecule has 13 heavy (non-hydrogen) atoms. The lowest BCUT2D eigenvalue weighted by Gasteiger charge is -2.24. The number of nitrogens with zero attached hydrogens (tertiary/aromatic N) is 2. The Morgan fingerprint density at radius 2 is 2.00 bits per heavy atom. The quantitative estimate of drug-likeness (QED) is 0.693. The van der Waals surface area contributed by atoms with Crippen LogP contribution in [0.2, 0.25) is 0 Å². The molecule has 0 aromatic carbocycles. The lowest BCUT2D eigenvalue weighted by molar-refractivity contribution is 0.234. The topological polar surface area (TPSA) is 18.5 Å². The van der Waals surface area contributed by atoms with Gasteiger partial charge in [0, 0.05) is 32.6 Å². The third-order valence-electron chi connectivity index (χ3n) is 3.08. The van der Waals surface area contributed by atoms with Crippen molar-refractivity contribution in [3.05, 3.63) is 0 Å². The second-order valence-corrected chi connectivity index (χ2v) is 4.47. The zero-order chi connectivity index (χ0) is 10.0. The fraction of sp³-hybridized carbons (Fsp3) is 1.00. The van der Waals surface area contributed by atoms with E-state index < -0.39 is 0 Å². The Balaban J connectivity index is 0.00000169. The van der Waals surface area contributed by atoms with Gasteiger partial charge in [-0.25, -0.2) is 0 Å². The highest BCUT2D eigenvalue weighted by molar-refractivity contribution is 4.94. The van der Waals surface area contributed by atoms with E-state index >= 15 is 0 Å². The molecular weight excluding hydrogens is 162 g/mol. The molecule has 1 saturated heterocycles. The van der Waals surface area contributed by atoms with Crippen LogP contribution < -0.4 is 5.32 Å². The molecule has 0 spiro atoms. The van der Waals surface area contributed by atoms with E-state index in [1.807, 2.05) is 0 Å². The minimum absolute atomic E-state index is 0. The Kier molecular flexibility index (Phi) is 3.71. The Hall–Kier alpha value is -0.120. The summed E-state index contributed by atoms with van der Waals surface area (Å²) >= 11 is 0. The van der Waals surface area contributed by atoms with Crippen LogP contribution in [0.4, 0.5) is 0 Å². The average Bonchev–Trinajstić information content (AvgIpc) is 2.47. The minimum Gasteiger partial charge on any atom is -0.314 e.